The van der Waals surface area contributed by atoms with Gasteiger partial charge < -0.3 is 4.74 Å². The predicted molar refractivity (Wildman–Crippen MR) is 68.7 cm³/mol. The van der Waals surface area contributed by atoms with Gasteiger partial charge in [0.15, 0.2) is 0 Å². The molecule has 2 atom stereocenters. The largest absolute Gasteiger partial charge is 0.378 e. The van der Waals surface area contributed by atoms with E-state index in [1.807, 2.05) is 6.92 Å². The van der Waals surface area contributed by atoms with E-state index in [1.165, 1.54) is 0 Å². The number of halogens is 2. The van der Waals surface area contributed by atoms with E-state index in [9.17, 15) is 4.79 Å². The highest BCUT2D eigenvalue weighted by Gasteiger charge is 2.30. The summed E-state index contributed by atoms with van der Waals surface area (Å²) in [5.41, 5.74) is 0.795. The monoisotopic (exact) mass is 272 g/mol. The van der Waals surface area contributed by atoms with Crippen LogP contribution in [-0.2, 0) is 16.0 Å². The van der Waals surface area contributed by atoms with E-state index in [4.69, 9.17) is 27.9 Å². The molecule has 0 spiro atoms. The Balaban J connectivity index is 2.10. The van der Waals surface area contributed by atoms with Crippen LogP contribution in [-0.4, -0.2) is 18.5 Å². The normalized spacial score (nSPS) is 23.9. The third-order valence-electron chi connectivity index (χ3n) is 3.16. The van der Waals surface area contributed by atoms with E-state index < -0.39 is 0 Å². The van der Waals surface area contributed by atoms with Gasteiger partial charge in [0.25, 0.3) is 0 Å². The van der Waals surface area contributed by atoms with E-state index in [-0.39, 0.29) is 17.8 Å². The third kappa shape index (κ3) is 3.01. The van der Waals surface area contributed by atoms with E-state index >= 15 is 0 Å². The molecule has 0 aliphatic carbocycles. The summed E-state index contributed by atoms with van der Waals surface area (Å²) in [6.45, 7) is 2.61. The molecule has 4 heteroatoms. The van der Waals surface area contributed by atoms with Gasteiger partial charge >= 0.3 is 0 Å². The second-order valence-electron chi connectivity index (χ2n) is 4.35. The summed E-state index contributed by atoms with van der Waals surface area (Å²) >= 11 is 11.9. The Morgan fingerprint density at radius 2 is 2.24 bits per heavy atom. The number of hydrogen-bond acceptors (Lipinski definition) is 2. The number of hydrogen-bond donors (Lipinski definition) is 0. The maximum absolute atomic E-state index is 12.1. The minimum Gasteiger partial charge on any atom is -0.378 e. The zero-order chi connectivity index (χ0) is 12.4. The van der Waals surface area contributed by atoms with Crippen LogP contribution < -0.4 is 0 Å². The van der Waals surface area contributed by atoms with Crippen LogP contribution >= 0.6 is 23.2 Å². The molecule has 2 unspecified atom stereocenters. The summed E-state index contributed by atoms with van der Waals surface area (Å²) in [5, 5.41) is 1.20. The van der Waals surface area contributed by atoms with Gasteiger partial charge in [-0.3, -0.25) is 4.79 Å². The highest BCUT2D eigenvalue weighted by molar-refractivity contribution is 6.33. The SMILES string of the molecule is CC1OCCC1C(=O)Cc1cc(Cl)ccc1Cl. The molecular weight excluding hydrogens is 259 g/mol. The van der Waals surface area contributed by atoms with Gasteiger partial charge in [0.1, 0.15) is 5.78 Å². The Morgan fingerprint density at radius 1 is 1.47 bits per heavy atom. The van der Waals surface area contributed by atoms with Crippen molar-refractivity contribution in [2.24, 2.45) is 5.92 Å². The topological polar surface area (TPSA) is 26.3 Å². The number of ether oxygens (including phenoxy) is 1. The van der Waals surface area contributed by atoms with E-state index in [0.29, 0.717) is 23.1 Å². The Kier molecular flexibility index (Phi) is 4.08. The molecule has 1 fully saturated rings. The number of benzene rings is 1. The summed E-state index contributed by atoms with van der Waals surface area (Å²) in [6, 6.07) is 5.20. The molecule has 1 heterocycles. The van der Waals surface area contributed by atoms with Crippen LogP contribution in [0.1, 0.15) is 18.9 Å². The fourth-order valence-electron chi connectivity index (χ4n) is 2.15. The van der Waals surface area contributed by atoms with Gasteiger partial charge in [-0.1, -0.05) is 23.2 Å². The zero-order valence-electron chi connectivity index (χ0n) is 9.58. The Labute approximate surface area is 111 Å². The molecule has 1 aliphatic heterocycles. The van der Waals surface area contributed by atoms with Gasteiger partial charge in [0.05, 0.1) is 6.10 Å². The van der Waals surface area contributed by atoms with Crippen molar-refractivity contribution in [2.75, 3.05) is 6.61 Å². The van der Waals surface area contributed by atoms with Gasteiger partial charge in [-0.2, -0.15) is 0 Å². The first-order chi connectivity index (χ1) is 8.08. The lowest BCUT2D eigenvalue weighted by molar-refractivity contribution is -0.123. The minimum atomic E-state index is -0.00921. The second kappa shape index (κ2) is 5.38. The number of carbonyl (C=O) groups excluding carboxylic acids is 1. The maximum atomic E-state index is 12.1. The molecule has 2 nitrogen and oxygen atoms in total. The lowest BCUT2D eigenvalue weighted by Gasteiger charge is -2.13. The van der Waals surface area contributed by atoms with Gasteiger partial charge in [0.2, 0.25) is 0 Å². The molecule has 0 radical (unpaired) electrons. The van der Waals surface area contributed by atoms with Crippen LogP contribution in [0.2, 0.25) is 10.0 Å². The fourth-order valence-corrected chi connectivity index (χ4v) is 2.53. The molecule has 1 saturated heterocycles. The van der Waals surface area contributed by atoms with Crippen molar-refractivity contribution in [3.63, 3.8) is 0 Å². The summed E-state index contributed by atoms with van der Waals surface area (Å²) in [7, 11) is 0. The van der Waals surface area contributed by atoms with Crippen LogP contribution in [0.3, 0.4) is 0 Å². The number of rotatable bonds is 3. The highest BCUT2D eigenvalue weighted by Crippen LogP contribution is 2.26. The molecule has 0 amide bonds. The molecular formula is C13H14Cl2O2. The summed E-state index contributed by atoms with van der Waals surface area (Å²) < 4.78 is 5.40. The zero-order valence-corrected chi connectivity index (χ0v) is 11.1. The number of ketones is 1. The number of carbonyl (C=O) groups is 1. The van der Waals surface area contributed by atoms with Crippen molar-refractivity contribution in [1.82, 2.24) is 0 Å². The van der Waals surface area contributed by atoms with Crippen molar-refractivity contribution < 1.29 is 9.53 Å². The molecule has 92 valence electrons. The summed E-state index contributed by atoms with van der Waals surface area (Å²) in [5.74, 6) is 0.171. The molecule has 0 saturated carbocycles. The van der Waals surface area contributed by atoms with Crippen molar-refractivity contribution >= 4 is 29.0 Å². The lowest BCUT2D eigenvalue weighted by Crippen LogP contribution is -2.23. The third-order valence-corrected chi connectivity index (χ3v) is 3.77. The predicted octanol–water partition coefficient (Wildman–Crippen LogP) is 3.53. The van der Waals surface area contributed by atoms with Crippen LogP contribution in [0.25, 0.3) is 0 Å². The van der Waals surface area contributed by atoms with Crippen LogP contribution in [0, 0.1) is 5.92 Å². The summed E-state index contributed by atoms with van der Waals surface area (Å²) in [4.78, 5) is 12.1. The van der Waals surface area contributed by atoms with E-state index in [1.54, 1.807) is 18.2 Å². The number of Topliss-reactive ketones (excluding diaryl/α,β-unsaturated/α-hetero) is 1. The van der Waals surface area contributed by atoms with Crippen molar-refractivity contribution in [3.05, 3.63) is 33.8 Å². The Hall–Kier alpha value is -0.570. The Morgan fingerprint density at radius 3 is 2.88 bits per heavy atom. The van der Waals surface area contributed by atoms with E-state index in [0.717, 1.165) is 12.0 Å². The first kappa shape index (κ1) is 12.9. The van der Waals surface area contributed by atoms with Gasteiger partial charge in [-0.05, 0) is 37.1 Å². The first-order valence-corrected chi connectivity index (χ1v) is 6.42. The van der Waals surface area contributed by atoms with Crippen molar-refractivity contribution in [3.8, 4) is 0 Å². The molecule has 17 heavy (non-hydrogen) atoms. The smallest absolute Gasteiger partial charge is 0.143 e. The lowest BCUT2D eigenvalue weighted by atomic mass is 9.93. The van der Waals surface area contributed by atoms with Crippen molar-refractivity contribution in [2.45, 2.75) is 25.9 Å². The molecule has 1 aliphatic rings. The van der Waals surface area contributed by atoms with Crippen molar-refractivity contribution in [1.29, 1.82) is 0 Å². The van der Waals surface area contributed by atoms with Gasteiger partial charge in [-0.15, -0.1) is 0 Å². The average molecular weight is 273 g/mol. The van der Waals surface area contributed by atoms with E-state index in [2.05, 4.69) is 0 Å². The molecule has 0 aromatic heterocycles. The molecule has 1 aromatic carbocycles. The molecule has 0 N–H and O–H groups in total. The van der Waals surface area contributed by atoms with Crippen LogP contribution in [0.5, 0.6) is 0 Å². The fraction of sp³-hybridized carbons (Fsp3) is 0.462. The molecule has 1 aromatic rings. The molecule has 0 bridgehead atoms. The minimum absolute atomic E-state index is 0.00921. The van der Waals surface area contributed by atoms with Crippen LogP contribution in [0.15, 0.2) is 18.2 Å². The molecule has 2 rings (SSSR count). The standard InChI is InChI=1S/C13H14Cl2O2/c1-8-11(4-5-17-8)13(16)7-9-6-10(14)2-3-12(9)15/h2-3,6,8,11H,4-5,7H2,1H3. The highest BCUT2D eigenvalue weighted by atomic mass is 35.5. The second-order valence-corrected chi connectivity index (χ2v) is 5.19. The van der Waals surface area contributed by atoms with Gasteiger partial charge in [-0.25, -0.2) is 0 Å². The first-order valence-electron chi connectivity index (χ1n) is 5.66. The van der Waals surface area contributed by atoms with Gasteiger partial charge in [0, 0.05) is 29.0 Å². The average Bonchev–Trinajstić information content (AvgIpc) is 2.70. The van der Waals surface area contributed by atoms with Crippen LogP contribution in [0.4, 0.5) is 0 Å². The Bertz CT molecular complexity index is 431. The quantitative estimate of drug-likeness (QED) is 0.842. The summed E-state index contributed by atoms with van der Waals surface area (Å²) in [6.07, 6.45) is 1.15. The maximum Gasteiger partial charge on any atom is 0.143 e.